The van der Waals surface area contributed by atoms with Crippen molar-refractivity contribution in [3.05, 3.63) is 52.7 Å². The maximum absolute atomic E-state index is 11.4. The zero-order valence-electron chi connectivity index (χ0n) is 11.7. The van der Waals surface area contributed by atoms with Gasteiger partial charge in [-0.05, 0) is 42.3 Å². The summed E-state index contributed by atoms with van der Waals surface area (Å²) in [4.78, 5) is -0.0466. The first-order chi connectivity index (χ1) is 10.8. The molecule has 0 unspecified atom stereocenters. The predicted octanol–water partition coefficient (Wildman–Crippen LogP) is 1.85. The van der Waals surface area contributed by atoms with E-state index in [0.29, 0.717) is 22.0 Å². The van der Waals surface area contributed by atoms with Crippen molar-refractivity contribution in [2.75, 3.05) is 5.73 Å². The molecule has 6 nitrogen and oxygen atoms in total. The fourth-order valence-electron chi connectivity index (χ4n) is 2.03. The number of anilines is 1. The van der Waals surface area contributed by atoms with Gasteiger partial charge in [0.2, 0.25) is 10.0 Å². The molecule has 116 valence electrons. The lowest BCUT2D eigenvalue weighted by molar-refractivity contribution is 0.598. The Morgan fingerprint density at radius 2 is 1.91 bits per heavy atom. The van der Waals surface area contributed by atoms with Gasteiger partial charge in [0.25, 0.3) is 0 Å². The summed E-state index contributed by atoms with van der Waals surface area (Å²) in [5.41, 5.74) is 7.81. The molecule has 5 N–H and O–H groups in total. The molecule has 2 aromatic carbocycles. The summed E-state index contributed by atoms with van der Waals surface area (Å²) < 4.78 is 22.8. The number of nitrogens with two attached hydrogens (primary N) is 2. The van der Waals surface area contributed by atoms with Crippen molar-refractivity contribution in [1.29, 1.82) is 0 Å². The average molecular weight is 347 g/mol. The minimum absolute atomic E-state index is 0.0466. The molecule has 1 aromatic heterocycles. The largest absolute Gasteiger partial charge is 0.398 e. The zero-order chi connectivity index (χ0) is 16.6. The predicted molar refractivity (Wildman–Crippen MR) is 89.3 cm³/mol. The highest BCUT2D eigenvalue weighted by Crippen LogP contribution is 2.20. The molecule has 23 heavy (non-hydrogen) atoms. The molecular formula is C15H11ClN4O2S. The number of sulfonamides is 1. The Labute approximate surface area is 137 Å². The smallest absolute Gasteiger partial charge is 0.238 e. The number of hydrogen-bond donors (Lipinski definition) is 3. The van der Waals surface area contributed by atoms with Crippen LogP contribution >= 0.6 is 11.6 Å². The molecule has 0 spiro atoms. The number of H-pyrrole nitrogens is 1. The van der Waals surface area contributed by atoms with Gasteiger partial charge < -0.3 is 5.73 Å². The Morgan fingerprint density at radius 1 is 1.13 bits per heavy atom. The third kappa shape index (κ3) is 3.14. The van der Waals surface area contributed by atoms with E-state index >= 15 is 0 Å². The van der Waals surface area contributed by atoms with Crippen molar-refractivity contribution in [3.8, 4) is 11.8 Å². The molecule has 0 aliphatic carbocycles. The van der Waals surface area contributed by atoms with Crippen LogP contribution in [-0.4, -0.2) is 18.6 Å². The number of benzene rings is 2. The van der Waals surface area contributed by atoms with Crippen LogP contribution in [0.4, 0.5) is 5.69 Å². The molecule has 3 rings (SSSR count). The van der Waals surface area contributed by atoms with E-state index in [-0.39, 0.29) is 4.90 Å². The number of fused-ring (bicyclic) bond motifs is 1. The van der Waals surface area contributed by atoms with Crippen LogP contribution in [0, 0.1) is 11.8 Å². The second-order valence-corrected chi connectivity index (χ2v) is 6.80. The van der Waals surface area contributed by atoms with Gasteiger partial charge >= 0.3 is 0 Å². The number of nitrogens with zero attached hydrogens (tertiary/aromatic N) is 1. The van der Waals surface area contributed by atoms with Crippen LogP contribution in [-0.2, 0) is 10.0 Å². The number of aromatic amines is 1. The van der Waals surface area contributed by atoms with E-state index in [1.165, 1.54) is 18.2 Å². The lowest BCUT2D eigenvalue weighted by atomic mass is 10.1. The van der Waals surface area contributed by atoms with E-state index in [1.807, 2.05) is 0 Å². The van der Waals surface area contributed by atoms with Crippen molar-refractivity contribution in [2.24, 2.45) is 5.14 Å². The lowest BCUT2D eigenvalue weighted by Crippen LogP contribution is -2.12. The van der Waals surface area contributed by atoms with Gasteiger partial charge in [0.05, 0.1) is 10.4 Å². The number of hydrogen-bond acceptors (Lipinski definition) is 4. The van der Waals surface area contributed by atoms with Crippen LogP contribution in [0.3, 0.4) is 0 Å². The van der Waals surface area contributed by atoms with E-state index in [1.54, 1.807) is 18.2 Å². The number of halogens is 1. The third-order valence-electron chi connectivity index (χ3n) is 3.19. The summed E-state index contributed by atoms with van der Waals surface area (Å²) in [5.74, 6) is 5.70. The highest BCUT2D eigenvalue weighted by molar-refractivity contribution is 7.89. The molecule has 0 bridgehead atoms. The van der Waals surface area contributed by atoms with Gasteiger partial charge in [0.1, 0.15) is 5.69 Å². The molecule has 0 fully saturated rings. The lowest BCUT2D eigenvalue weighted by Gasteiger charge is -2.01. The molecule has 0 saturated carbocycles. The summed E-state index contributed by atoms with van der Waals surface area (Å²) in [5, 5.41) is 13.4. The summed E-state index contributed by atoms with van der Waals surface area (Å²) >= 11 is 5.91. The molecular weight excluding hydrogens is 336 g/mol. The topological polar surface area (TPSA) is 115 Å². The van der Waals surface area contributed by atoms with Crippen LogP contribution < -0.4 is 10.9 Å². The summed E-state index contributed by atoms with van der Waals surface area (Å²) in [6.07, 6.45) is 0. The Morgan fingerprint density at radius 3 is 2.65 bits per heavy atom. The number of primary sulfonamides is 1. The summed E-state index contributed by atoms with van der Waals surface area (Å²) in [6, 6.07) is 9.40. The minimum Gasteiger partial charge on any atom is -0.398 e. The van der Waals surface area contributed by atoms with Gasteiger partial charge in [0, 0.05) is 21.7 Å². The number of rotatable bonds is 1. The highest BCUT2D eigenvalue weighted by atomic mass is 35.5. The van der Waals surface area contributed by atoms with Crippen LogP contribution in [0.15, 0.2) is 41.3 Å². The van der Waals surface area contributed by atoms with Crippen molar-refractivity contribution in [3.63, 3.8) is 0 Å². The second-order valence-electron chi connectivity index (χ2n) is 4.81. The normalized spacial score (nSPS) is 11.2. The van der Waals surface area contributed by atoms with Crippen LogP contribution in [0.25, 0.3) is 10.9 Å². The molecule has 0 saturated heterocycles. The second kappa shape index (κ2) is 5.59. The number of nitrogens with one attached hydrogen (secondary N) is 1. The number of nitrogen functional groups attached to an aromatic ring is 1. The molecule has 0 amide bonds. The Balaban J connectivity index is 2.07. The fraction of sp³-hybridized carbons (Fsp3) is 0. The van der Waals surface area contributed by atoms with Crippen molar-refractivity contribution < 1.29 is 8.42 Å². The summed E-state index contributed by atoms with van der Waals surface area (Å²) in [7, 11) is -3.81. The van der Waals surface area contributed by atoms with Gasteiger partial charge in [-0.1, -0.05) is 17.5 Å². The molecule has 0 aliphatic rings. The average Bonchev–Trinajstić information content (AvgIpc) is 2.87. The van der Waals surface area contributed by atoms with Gasteiger partial charge in [-0.3, -0.25) is 5.10 Å². The van der Waals surface area contributed by atoms with Crippen molar-refractivity contribution in [1.82, 2.24) is 10.2 Å². The SMILES string of the molecule is Nc1ccc(S(N)(=O)=O)cc1C#Cc1n[nH]c2cc(Cl)ccc12. The number of aromatic nitrogens is 2. The van der Waals surface area contributed by atoms with E-state index in [9.17, 15) is 8.42 Å². The minimum atomic E-state index is -3.81. The monoisotopic (exact) mass is 346 g/mol. The fourth-order valence-corrected chi connectivity index (χ4v) is 2.75. The molecule has 0 aliphatic heterocycles. The Hall–Kier alpha value is -2.53. The van der Waals surface area contributed by atoms with Crippen molar-refractivity contribution in [2.45, 2.75) is 4.90 Å². The first kappa shape index (κ1) is 15.4. The molecule has 0 radical (unpaired) electrons. The molecule has 1 heterocycles. The first-order valence-corrected chi connectivity index (χ1v) is 8.35. The van der Waals surface area contributed by atoms with E-state index < -0.39 is 10.0 Å². The Bertz CT molecular complexity index is 1080. The van der Waals surface area contributed by atoms with Gasteiger partial charge in [0.15, 0.2) is 0 Å². The maximum Gasteiger partial charge on any atom is 0.238 e. The molecule has 3 aromatic rings. The Kier molecular flexibility index (Phi) is 3.74. The van der Waals surface area contributed by atoms with Crippen LogP contribution in [0.5, 0.6) is 0 Å². The summed E-state index contributed by atoms with van der Waals surface area (Å²) in [6.45, 7) is 0. The van der Waals surface area contributed by atoms with E-state index in [2.05, 4.69) is 22.0 Å². The van der Waals surface area contributed by atoms with E-state index in [0.717, 1.165) is 10.9 Å². The van der Waals surface area contributed by atoms with Gasteiger partial charge in [-0.2, -0.15) is 5.10 Å². The quantitative estimate of drug-likeness (QED) is 0.460. The van der Waals surface area contributed by atoms with Crippen LogP contribution in [0.1, 0.15) is 11.3 Å². The first-order valence-electron chi connectivity index (χ1n) is 6.42. The van der Waals surface area contributed by atoms with Gasteiger partial charge in [-0.15, -0.1) is 0 Å². The molecule has 0 atom stereocenters. The standard InChI is InChI=1S/C15H11ClN4O2S/c16-10-2-4-12-14(19-20-15(12)8-10)6-1-9-7-11(23(18,21)22)3-5-13(9)17/h2-5,7-8H,17H2,(H,19,20)(H2,18,21,22). The van der Waals surface area contributed by atoms with Gasteiger partial charge in [-0.25, -0.2) is 13.6 Å². The van der Waals surface area contributed by atoms with Crippen LogP contribution in [0.2, 0.25) is 5.02 Å². The third-order valence-corrected chi connectivity index (χ3v) is 4.34. The molecule has 8 heteroatoms. The highest BCUT2D eigenvalue weighted by Gasteiger charge is 2.09. The van der Waals surface area contributed by atoms with Crippen molar-refractivity contribution >= 4 is 38.2 Å². The zero-order valence-corrected chi connectivity index (χ0v) is 13.2. The van der Waals surface area contributed by atoms with E-state index in [4.69, 9.17) is 22.5 Å². The maximum atomic E-state index is 11.4.